The lowest BCUT2D eigenvalue weighted by Crippen LogP contribution is -2.17. The summed E-state index contributed by atoms with van der Waals surface area (Å²) in [6, 6.07) is 0. The third-order valence-corrected chi connectivity index (χ3v) is 3.77. The van der Waals surface area contributed by atoms with Crippen LogP contribution in [0.2, 0.25) is 0 Å². The monoisotopic (exact) mass is 297 g/mol. The van der Waals surface area contributed by atoms with E-state index in [0.717, 1.165) is 41.4 Å². The van der Waals surface area contributed by atoms with Crippen molar-refractivity contribution in [3.8, 4) is 0 Å². The van der Waals surface area contributed by atoms with E-state index in [1.54, 1.807) is 10.8 Å². The van der Waals surface area contributed by atoms with E-state index in [0.29, 0.717) is 5.65 Å². The number of aromatic nitrogens is 3. The average Bonchev–Trinajstić information content (AvgIpc) is 2.62. The van der Waals surface area contributed by atoms with Gasteiger partial charge in [-0.25, -0.2) is 9.78 Å². The van der Waals surface area contributed by atoms with Gasteiger partial charge in [-0.15, -0.1) is 0 Å². The van der Waals surface area contributed by atoms with E-state index in [2.05, 4.69) is 32.8 Å². The van der Waals surface area contributed by atoms with Crippen molar-refractivity contribution in [1.82, 2.24) is 14.5 Å². The second kappa shape index (κ2) is 5.04. The number of hydrogen-bond donors (Lipinski definition) is 1. The van der Waals surface area contributed by atoms with Crippen LogP contribution < -0.4 is 5.69 Å². The molecule has 1 N–H and O–H groups in total. The van der Waals surface area contributed by atoms with Gasteiger partial charge in [-0.05, 0) is 34.8 Å². The number of unbranched alkanes of at least 4 members (excludes halogenated alkanes) is 2. The van der Waals surface area contributed by atoms with Crippen molar-refractivity contribution >= 4 is 27.1 Å². The number of nitrogens with zero attached hydrogens (tertiary/aromatic N) is 2. The predicted octanol–water partition coefficient (Wildman–Crippen LogP) is 2.99. The minimum Gasteiger partial charge on any atom is -0.290 e. The summed E-state index contributed by atoms with van der Waals surface area (Å²) >= 11 is 3.45. The maximum atomic E-state index is 11.8. The first-order valence-electron chi connectivity index (χ1n) is 5.88. The molecule has 0 amide bonds. The molecule has 0 aromatic carbocycles. The number of rotatable bonds is 4. The largest absolute Gasteiger partial charge is 0.327 e. The Balaban J connectivity index is 2.49. The molecule has 17 heavy (non-hydrogen) atoms. The Hall–Kier alpha value is -1.10. The molecule has 0 radical (unpaired) electrons. The Labute approximate surface area is 108 Å². The topological polar surface area (TPSA) is 50.7 Å². The highest BCUT2D eigenvalue weighted by atomic mass is 79.9. The molecule has 92 valence electrons. The number of aryl methyl sites for hydroxylation is 2. The van der Waals surface area contributed by atoms with Gasteiger partial charge in [0.2, 0.25) is 0 Å². The fraction of sp³-hybridized carbons (Fsp3) is 0.500. The van der Waals surface area contributed by atoms with Crippen LogP contribution in [0.15, 0.2) is 15.5 Å². The van der Waals surface area contributed by atoms with Crippen LogP contribution in [0.4, 0.5) is 0 Å². The van der Waals surface area contributed by atoms with E-state index in [-0.39, 0.29) is 5.69 Å². The van der Waals surface area contributed by atoms with Gasteiger partial charge in [-0.3, -0.25) is 9.55 Å². The summed E-state index contributed by atoms with van der Waals surface area (Å²) in [7, 11) is 0. The van der Waals surface area contributed by atoms with Gasteiger partial charge in [0.05, 0.1) is 5.52 Å². The molecule has 0 aliphatic heterocycles. The number of nitrogens with one attached hydrogen (secondary N) is 1. The van der Waals surface area contributed by atoms with Crippen LogP contribution in [0.25, 0.3) is 11.2 Å². The number of fused-ring (bicyclic) bond motifs is 1. The fourth-order valence-corrected chi connectivity index (χ4v) is 2.29. The van der Waals surface area contributed by atoms with Crippen LogP contribution >= 0.6 is 15.9 Å². The summed E-state index contributed by atoms with van der Waals surface area (Å²) < 4.78 is 2.73. The highest BCUT2D eigenvalue weighted by Crippen LogP contribution is 2.22. The van der Waals surface area contributed by atoms with Gasteiger partial charge < -0.3 is 0 Å². The summed E-state index contributed by atoms with van der Waals surface area (Å²) in [6.45, 7) is 4.91. The Morgan fingerprint density at radius 1 is 1.47 bits per heavy atom. The highest BCUT2D eigenvalue weighted by Gasteiger charge is 2.11. The Kier molecular flexibility index (Phi) is 3.66. The molecule has 2 aromatic heterocycles. The molecule has 2 aromatic rings. The Morgan fingerprint density at radius 2 is 2.24 bits per heavy atom. The van der Waals surface area contributed by atoms with E-state index in [1.165, 1.54) is 0 Å². The smallest absolute Gasteiger partial charge is 0.290 e. The van der Waals surface area contributed by atoms with Crippen LogP contribution in [-0.4, -0.2) is 14.5 Å². The molecule has 2 rings (SSSR count). The van der Waals surface area contributed by atoms with Gasteiger partial charge >= 0.3 is 5.69 Å². The van der Waals surface area contributed by atoms with Gasteiger partial charge in [-0.2, -0.15) is 0 Å². The third-order valence-electron chi connectivity index (χ3n) is 2.97. The van der Waals surface area contributed by atoms with Gasteiger partial charge in [-0.1, -0.05) is 19.8 Å². The first kappa shape index (κ1) is 12.4. The standard InChI is InChI=1S/C12H16BrN3O/c1-3-4-5-6-16-10-8(2)9(13)7-14-11(10)15-12(16)17/h7H,3-6H2,1-2H3,(H,14,15,17). The van der Waals surface area contributed by atoms with Gasteiger partial charge in [0, 0.05) is 17.2 Å². The van der Waals surface area contributed by atoms with Gasteiger partial charge in [0.15, 0.2) is 5.65 Å². The van der Waals surface area contributed by atoms with Crippen LogP contribution in [0, 0.1) is 6.92 Å². The quantitative estimate of drug-likeness (QED) is 0.882. The van der Waals surface area contributed by atoms with Crippen molar-refractivity contribution in [3.63, 3.8) is 0 Å². The van der Waals surface area contributed by atoms with E-state index in [4.69, 9.17) is 0 Å². The lowest BCUT2D eigenvalue weighted by Gasteiger charge is -2.05. The fourth-order valence-electron chi connectivity index (χ4n) is 2.00. The lowest BCUT2D eigenvalue weighted by atomic mass is 10.2. The van der Waals surface area contributed by atoms with Gasteiger partial charge in [0.25, 0.3) is 0 Å². The van der Waals surface area contributed by atoms with Gasteiger partial charge in [0.1, 0.15) is 0 Å². The highest BCUT2D eigenvalue weighted by molar-refractivity contribution is 9.10. The van der Waals surface area contributed by atoms with E-state index in [1.807, 2.05) is 6.92 Å². The van der Waals surface area contributed by atoms with Crippen LogP contribution in [-0.2, 0) is 6.54 Å². The molecule has 0 atom stereocenters. The summed E-state index contributed by atoms with van der Waals surface area (Å²) in [5.41, 5.74) is 2.59. The average molecular weight is 298 g/mol. The van der Waals surface area contributed by atoms with Crippen molar-refractivity contribution < 1.29 is 0 Å². The summed E-state index contributed by atoms with van der Waals surface area (Å²) in [5, 5.41) is 0. The molecule has 0 aliphatic rings. The van der Waals surface area contributed by atoms with Crippen LogP contribution in [0.1, 0.15) is 31.7 Å². The molecule has 2 heterocycles. The number of halogens is 1. The normalized spacial score (nSPS) is 11.2. The predicted molar refractivity (Wildman–Crippen MR) is 72.3 cm³/mol. The zero-order valence-corrected chi connectivity index (χ0v) is 11.7. The lowest BCUT2D eigenvalue weighted by molar-refractivity contribution is 0.600. The maximum absolute atomic E-state index is 11.8. The molecule has 0 bridgehead atoms. The van der Waals surface area contributed by atoms with Crippen molar-refractivity contribution in [2.24, 2.45) is 0 Å². The van der Waals surface area contributed by atoms with Crippen LogP contribution in [0.3, 0.4) is 0 Å². The summed E-state index contributed by atoms with van der Waals surface area (Å²) in [6.07, 6.45) is 5.04. The Bertz CT molecular complexity index is 585. The molecule has 0 aliphatic carbocycles. The zero-order chi connectivity index (χ0) is 12.4. The number of hydrogen-bond acceptors (Lipinski definition) is 2. The Morgan fingerprint density at radius 3 is 2.94 bits per heavy atom. The van der Waals surface area contributed by atoms with E-state index >= 15 is 0 Å². The second-order valence-electron chi connectivity index (χ2n) is 4.22. The maximum Gasteiger partial charge on any atom is 0.327 e. The van der Waals surface area contributed by atoms with Crippen molar-refractivity contribution in [1.29, 1.82) is 0 Å². The van der Waals surface area contributed by atoms with Crippen molar-refractivity contribution in [3.05, 3.63) is 26.7 Å². The molecule has 0 saturated heterocycles. The molecular formula is C12H16BrN3O. The number of imidazole rings is 1. The van der Waals surface area contributed by atoms with E-state index < -0.39 is 0 Å². The zero-order valence-electron chi connectivity index (χ0n) is 10.1. The number of pyridine rings is 1. The molecule has 0 fully saturated rings. The third kappa shape index (κ3) is 2.29. The van der Waals surface area contributed by atoms with E-state index in [9.17, 15) is 4.79 Å². The van der Waals surface area contributed by atoms with Crippen LogP contribution in [0.5, 0.6) is 0 Å². The molecule has 0 unspecified atom stereocenters. The second-order valence-corrected chi connectivity index (χ2v) is 5.07. The SMILES string of the molecule is CCCCCn1c(=O)[nH]c2ncc(Br)c(C)c21. The molecule has 5 heteroatoms. The molecule has 0 saturated carbocycles. The summed E-state index contributed by atoms with van der Waals surface area (Å²) in [5.74, 6) is 0. The van der Waals surface area contributed by atoms with Crippen molar-refractivity contribution in [2.45, 2.75) is 39.7 Å². The number of aromatic amines is 1. The summed E-state index contributed by atoms with van der Waals surface area (Å²) in [4.78, 5) is 18.9. The first-order valence-corrected chi connectivity index (χ1v) is 6.68. The molecule has 0 spiro atoms. The first-order chi connectivity index (χ1) is 8.15. The molecule has 4 nitrogen and oxygen atoms in total. The van der Waals surface area contributed by atoms with Crippen molar-refractivity contribution in [2.75, 3.05) is 0 Å². The number of H-pyrrole nitrogens is 1. The minimum absolute atomic E-state index is 0.0650. The minimum atomic E-state index is -0.0650. The molecular weight excluding hydrogens is 282 g/mol.